The molecule has 0 amide bonds. The molecule has 0 unspecified atom stereocenters. The molecular formula is C26H33N5. The highest BCUT2D eigenvalue weighted by Gasteiger charge is 2.28. The van der Waals surface area contributed by atoms with Gasteiger partial charge in [-0.25, -0.2) is 4.98 Å². The summed E-state index contributed by atoms with van der Waals surface area (Å²) in [6.45, 7) is 12.3. The minimum Gasteiger partial charge on any atom is -0.354 e. The maximum atomic E-state index is 4.74. The van der Waals surface area contributed by atoms with Crippen molar-refractivity contribution in [3.8, 4) is 11.1 Å². The van der Waals surface area contributed by atoms with E-state index in [0.717, 1.165) is 36.0 Å². The Balaban J connectivity index is 1.36. The number of hydrogen-bond acceptors (Lipinski definition) is 4. The predicted molar refractivity (Wildman–Crippen MR) is 129 cm³/mol. The average Bonchev–Trinajstić information content (AvgIpc) is 3.15. The van der Waals surface area contributed by atoms with Crippen LogP contribution in [0, 0.1) is 11.3 Å². The molecule has 3 aromatic rings. The summed E-state index contributed by atoms with van der Waals surface area (Å²) in [6.07, 6.45) is 8.63. The zero-order chi connectivity index (χ0) is 21.6. The van der Waals surface area contributed by atoms with Gasteiger partial charge in [0, 0.05) is 29.9 Å². The molecule has 2 N–H and O–H groups in total. The Hall–Kier alpha value is -2.66. The molecule has 162 valence electrons. The first-order valence-corrected chi connectivity index (χ1v) is 11.5. The van der Waals surface area contributed by atoms with Crippen molar-refractivity contribution in [3.05, 3.63) is 48.3 Å². The van der Waals surface area contributed by atoms with Crippen LogP contribution in [0.25, 0.3) is 27.7 Å². The number of aromatic nitrogens is 3. The number of likely N-dealkylation sites (tertiary alicyclic amines) is 1. The molecule has 2 aliphatic rings. The Labute approximate surface area is 185 Å². The van der Waals surface area contributed by atoms with Crippen molar-refractivity contribution < 1.29 is 0 Å². The van der Waals surface area contributed by atoms with Crippen LogP contribution < -0.4 is 5.32 Å². The second kappa shape index (κ2) is 7.79. The van der Waals surface area contributed by atoms with Gasteiger partial charge in [0.25, 0.3) is 0 Å². The van der Waals surface area contributed by atoms with Crippen LogP contribution in [0.5, 0.6) is 0 Å². The molecular weight excluding hydrogens is 382 g/mol. The fraction of sp³-hybridized carbons (Fsp3) is 0.462. The van der Waals surface area contributed by atoms with E-state index in [9.17, 15) is 0 Å². The highest BCUT2D eigenvalue weighted by atomic mass is 15.1. The summed E-state index contributed by atoms with van der Waals surface area (Å²) < 4.78 is 0. The molecule has 1 aliphatic heterocycles. The first-order chi connectivity index (χ1) is 14.9. The lowest BCUT2D eigenvalue weighted by molar-refractivity contribution is 0.226. The van der Waals surface area contributed by atoms with Gasteiger partial charge in [-0.2, -0.15) is 4.98 Å². The van der Waals surface area contributed by atoms with Crippen LogP contribution in [0.2, 0.25) is 0 Å². The quantitative estimate of drug-likeness (QED) is 0.602. The Morgan fingerprint density at radius 1 is 1.19 bits per heavy atom. The molecule has 1 fully saturated rings. The zero-order valence-electron chi connectivity index (χ0n) is 19.0. The van der Waals surface area contributed by atoms with Crippen molar-refractivity contribution >= 4 is 22.6 Å². The number of aromatic amines is 1. The largest absolute Gasteiger partial charge is 0.354 e. The Bertz CT molecular complexity index is 1120. The van der Waals surface area contributed by atoms with E-state index in [2.05, 4.69) is 72.1 Å². The highest BCUT2D eigenvalue weighted by Crippen LogP contribution is 2.42. The molecule has 1 aliphatic carbocycles. The van der Waals surface area contributed by atoms with Crippen LogP contribution in [0.4, 0.5) is 5.95 Å². The molecule has 31 heavy (non-hydrogen) atoms. The van der Waals surface area contributed by atoms with Crippen molar-refractivity contribution in [2.75, 3.05) is 32.0 Å². The average molecular weight is 416 g/mol. The molecule has 5 heteroatoms. The summed E-state index contributed by atoms with van der Waals surface area (Å²) in [5.41, 5.74) is 7.49. The van der Waals surface area contributed by atoms with Crippen molar-refractivity contribution in [1.29, 1.82) is 0 Å². The van der Waals surface area contributed by atoms with Gasteiger partial charge in [0.05, 0.1) is 0 Å². The molecule has 2 aromatic heterocycles. The smallest absolute Gasteiger partial charge is 0.224 e. The van der Waals surface area contributed by atoms with E-state index >= 15 is 0 Å². The molecule has 1 saturated heterocycles. The standard InChI is InChI=1S/C26H33N5/c1-17-12-26(2,3)13-20-11-19(5-6-21(17)20)22-15-27-24-23(22)16-29-25(30-24)28-14-18-7-9-31(4)10-8-18/h5-6,11,15-16,18H,1,7-10,12-14H2,2-4H3,(H2,27,28,29,30). The number of piperidine rings is 1. The maximum absolute atomic E-state index is 4.74. The van der Waals surface area contributed by atoms with E-state index in [1.54, 1.807) is 0 Å². The van der Waals surface area contributed by atoms with Gasteiger partial charge in [0.1, 0.15) is 5.65 Å². The monoisotopic (exact) mass is 415 g/mol. The van der Waals surface area contributed by atoms with Crippen LogP contribution in [-0.2, 0) is 6.42 Å². The number of hydrogen-bond donors (Lipinski definition) is 2. The van der Waals surface area contributed by atoms with Crippen molar-refractivity contribution in [1.82, 2.24) is 19.9 Å². The number of nitrogens with one attached hydrogen (secondary N) is 2. The van der Waals surface area contributed by atoms with E-state index in [1.165, 1.54) is 48.2 Å². The summed E-state index contributed by atoms with van der Waals surface area (Å²) in [6, 6.07) is 6.77. The van der Waals surface area contributed by atoms with Crippen molar-refractivity contribution in [2.24, 2.45) is 11.3 Å². The fourth-order valence-electron chi connectivity index (χ4n) is 5.24. The van der Waals surface area contributed by atoms with E-state index in [0.29, 0.717) is 11.9 Å². The Kier molecular flexibility index (Phi) is 5.09. The molecule has 1 aromatic carbocycles. The summed E-state index contributed by atoms with van der Waals surface area (Å²) >= 11 is 0. The summed E-state index contributed by atoms with van der Waals surface area (Å²) in [4.78, 5) is 15.1. The van der Waals surface area contributed by atoms with Crippen LogP contribution in [-0.4, -0.2) is 46.5 Å². The molecule has 5 rings (SSSR count). The number of anilines is 1. The maximum Gasteiger partial charge on any atom is 0.224 e. The van der Waals surface area contributed by atoms with Gasteiger partial charge >= 0.3 is 0 Å². The summed E-state index contributed by atoms with van der Waals surface area (Å²) in [7, 11) is 2.20. The van der Waals surface area contributed by atoms with Crippen LogP contribution >= 0.6 is 0 Å². The fourth-order valence-corrected chi connectivity index (χ4v) is 5.24. The second-order valence-corrected chi connectivity index (χ2v) is 10.3. The lowest BCUT2D eigenvalue weighted by Gasteiger charge is -2.33. The molecule has 0 atom stereocenters. The molecule has 3 heterocycles. The van der Waals surface area contributed by atoms with Crippen LogP contribution in [0.1, 0.15) is 44.2 Å². The van der Waals surface area contributed by atoms with E-state index in [-0.39, 0.29) is 5.41 Å². The minimum atomic E-state index is 0.264. The number of nitrogens with zero attached hydrogens (tertiary/aromatic N) is 3. The summed E-state index contributed by atoms with van der Waals surface area (Å²) in [5.74, 6) is 1.41. The van der Waals surface area contributed by atoms with Gasteiger partial charge in [-0.05, 0) is 79.4 Å². The van der Waals surface area contributed by atoms with Crippen molar-refractivity contribution in [2.45, 2.75) is 39.5 Å². The highest BCUT2D eigenvalue weighted by molar-refractivity contribution is 5.94. The lowest BCUT2D eigenvalue weighted by Crippen LogP contribution is -2.33. The summed E-state index contributed by atoms with van der Waals surface area (Å²) in [5, 5.41) is 4.52. The van der Waals surface area contributed by atoms with Gasteiger partial charge in [-0.1, -0.05) is 38.6 Å². The van der Waals surface area contributed by atoms with Gasteiger partial charge < -0.3 is 15.2 Å². The first kappa shape index (κ1) is 20.3. The van der Waals surface area contributed by atoms with Crippen molar-refractivity contribution in [3.63, 3.8) is 0 Å². The van der Waals surface area contributed by atoms with Gasteiger partial charge in [0.2, 0.25) is 5.95 Å². The third kappa shape index (κ3) is 4.11. The zero-order valence-corrected chi connectivity index (χ0v) is 19.0. The predicted octanol–water partition coefficient (Wildman–Crippen LogP) is 5.36. The molecule has 0 radical (unpaired) electrons. The third-order valence-electron chi connectivity index (χ3n) is 6.98. The second-order valence-electron chi connectivity index (χ2n) is 10.3. The van der Waals surface area contributed by atoms with Gasteiger partial charge in [-0.3, -0.25) is 0 Å². The molecule has 0 saturated carbocycles. The van der Waals surface area contributed by atoms with E-state index in [1.807, 2.05) is 6.20 Å². The number of allylic oxidation sites excluding steroid dienone is 1. The number of H-pyrrole nitrogens is 1. The topological polar surface area (TPSA) is 56.8 Å². The van der Waals surface area contributed by atoms with Crippen LogP contribution in [0.3, 0.4) is 0 Å². The van der Waals surface area contributed by atoms with Gasteiger partial charge in [-0.15, -0.1) is 0 Å². The number of rotatable bonds is 4. The van der Waals surface area contributed by atoms with E-state index < -0.39 is 0 Å². The minimum absolute atomic E-state index is 0.264. The Morgan fingerprint density at radius 3 is 2.81 bits per heavy atom. The van der Waals surface area contributed by atoms with E-state index in [4.69, 9.17) is 4.98 Å². The third-order valence-corrected chi connectivity index (χ3v) is 6.98. The molecule has 0 bridgehead atoms. The molecule has 0 spiro atoms. The normalized spacial score (nSPS) is 19.5. The lowest BCUT2D eigenvalue weighted by atomic mass is 9.72. The Morgan fingerprint density at radius 2 is 2.00 bits per heavy atom. The van der Waals surface area contributed by atoms with Gasteiger partial charge in [0.15, 0.2) is 0 Å². The first-order valence-electron chi connectivity index (χ1n) is 11.5. The molecule has 5 nitrogen and oxygen atoms in total. The SMILES string of the molecule is C=C1CC(C)(C)Cc2cc(-c3c[nH]c4nc(NCC5CCN(C)CC5)ncc34)ccc21. The van der Waals surface area contributed by atoms with Crippen LogP contribution in [0.15, 0.2) is 37.2 Å². The number of benzene rings is 1. The number of fused-ring (bicyclic) bond motifs is 2.